The van der Waals surface area contributed by atoms with E-state index in [1.165, 1.54) is 0 Å². The molecule has 1 unspecified atom stereocenters. The highest BCUT2D eigenvalue weighted by Gasteiger charge is 2.12. The highest BCUT2D eigenvalue weighted by molar-refractivity contribution is 5.74. The van der Waals surface area contributed by atoms with Gasteiger partial charge in [0.05, 0.1) is 0 Å². The molecule has 0 aromatic carbocycles. The third-order valence-electron chi connectivity index (χ3n) is 0.957. The summed E-state index contributed by atoms with van der Waals surface area (Å²) in [7, 11) is 0. The second kappa shape index (κ2) is 4.83. The number of carbonyl (C=O) groups excluding carboxylic acids is 1. The zero-order chi connectivity index (χ0) is 7.98. The molecular weight excluding hydrogens is 132 g/mol. The number of hydrogen-bond donors (Lipinski definition) is 1. The van der Waals surface area contributed by atoms with E-state index in [0.29, 0.717) is 6.42 Å². The van der Waals surface area contributed by atoms with Crippen molar-refractivity contribution in [3.63, 3.8) is 0 Å². The van der Waals surface area contributed by atoms with Crippen molar-refractivity contribution in [2.75, 3.05) is 6.61 Å². The molecule has 10 heavy (non-hydrogen) atoms. The van der Waals surface area contributed by atoms with Crippen molar-refractivity contribution in [1.29, 1.82) is 0 Å². The Balaban J connectivity index is 3.54. The Hall–Kier alpha value is -1.01. The number of terminal acetylenes is 1. The first-order chi connectivity index (χ1) is 4.72. The number of aliphatic hydroxyl groups is 1. The SMILES string of the molecule is C#CCOC(=O)C(O)CC. The standard InChI is InChI=1S/C7H10O3/c1-3-5-10-7(9)6(8)4-2/h1,6,8H,4-5H2,2H3. The zero-order valence-corrected chi connectivity index (χ0v) is 5.83. The molecule has 0 aromatic heterocycles. The lowest BCUT2D eigenvalue weighted by Crippen LogP contribution is -2.21. The minimum Gasteiger partial charge on any atom is -0.451 e. The molecule has 0 spiro atoms. The predicted octanol–water partition coefficient (Wildman–Crippen LogP) is -0.0663. The lowest BCUT2D eigenvalue weighted by Gasteiger charge is -2.04. The summed E-state index contributed by atoms with van der Waals surface area (Å²) in [6, 6.07) is 0. The largest absolute Gasteiger partial charge is 0.451 e. The molecule has 0 aliphatic carbocycles. The summed E-state index contributed by atoms with van der Waals surface area (Å²) in [6.45, 7) is 1.61. The van der Waals surface area contributed by atoms with E-state index in [1.807, 2.05) is 0 Å². The second-order valence-electron chi connectivity index (χ2n) is 1.74. The molecule has 0 aromatic rings. The van der Waals surface area contributed by atoms with Gasteiger partial charge in [-0.15, -0.1) is 6.42 Å². The fourth-order valence-electron chi connectivity index (χ4n) is 0.376. The van der Waals surface area contributed by atoms with E-state index in [-0.39, 0.29) is 6.61 Å². The molecule has 56 valence electrons. The van der Waals surface area contributed by atoms with Crippen LogP contribution in [0.5, 0.6) is 0 Å². The van der Waals surface area contributed by atoms with E-state index in [1.54, 1.807) is 6.92 Å². The van der Waals surface area contributed by atoms with Crippen molar-refractivity contribution >= 4 is 5.97 Å². The number of aliphatic hydroxyl groups excluding tert-OH is 1. The van der Waals surface area contributed by atoms with Gasteiger partial charge in [-0.3, -0.25) is 0 Å². The quantitative estimate of drug-likeness (QED) is 0.443. The Morgan fingerprint density at radius 2 is 2.50 bits per heavy atom. The average Bonchev–Trinajstić information content (AvgIpc) is 1.98. The van der Waals surface area contributed by atoms with Crippen LogP contribution in [0.15, 0.2) is 0 Å². The maximum Gasteiger partial charge on any atom is 0.335 e. The van der Waals surface area contributed by atoms with Crippen LogP contribution in [0.25, 0.3) is 0 Å². The Morgan fingerprint density at radius 3 is 2.90 bits per heavy atom. The van der Waals surface area contributed by atoms with Gasteiger partial charge in [0, 0.05) is 0 Å². The van der Waals surface area contributed by atoms with Crippen LogP contribution in [-0.2, 0) is 9.53 Å². The molecule has 0 saturated carbocycles. The molecule has 0 heterocycles. The first kappa shape index (κ1) is 8.99. The van der Waals surface area contributed by atoms with E-state index >= 15 is 0 Å². The average molecular weight is 142 g/mol. The first-order valence-electron chi connectivity index (χ1n) is 3.00. The molecule has 0 fully saturated rings. The zero-order valence-electron chi connectivity index (χ0n) is 5.83. The summed E-state index contributed by atoms with van der Waals surface area (Å²) in [6.07, 6.45) is 4.13. The van der Waals surface area contributed by atoms with Crippen LogP contribution in [0, 0.1) is 12.3 Å². The van der Waals surface area contributed by atoms with Gasteiger partial charge in [0.25, 0.3) is 0 Å². The number of esters is 1. The van der Waals surface area contributed by atoms with Gasteiger partial charge in [0.1, 0.15) is 0 Å². The lowest BCUT2D eigenvalue weighted by atomic mass is 10.3. The van der Waals surface area contributed by atoms with Gasteiger partial charge in [0.2, 0.25) is 0 Å². The smallest absolute Gasteiger partial charge is 0.335 e. The van der Waals surface area contributed by atoms with Crippen molar-refractivity contribution in [1.82, 2.24) is 0 Å². The topological polar surface area (TPSA) is 46.5 Å². The molecular formula is C7H10O3. The van der Waals surface area contributed by atoms with Crippen LogP contribution in [-0.4, -0.2) is 23.8 Å². The van der Waals surface area contributed by atoms with Crippen LogP contribution in [0.2, 0.25) is 0 Å². The second-order valence-corrected chi connectivity index (χ2v) is 1.74. The van der Waals surface area contributed by atoms with E-state index in [4.69, 9.17) is 11.5 Å². The van der Waals surface area contributed by atoms with Crippen molar-refractivity contribution in [2.45, 2.75) is 19.4 Å². The van der Waals surface area contributed by atoms with Crippen molar-refractivity contribution in [3.8, 4) is 12.3 Å². The van der Waals surface area contributed by atoms with Gasteiger partial charge in [0.15, 0.2) is 12.7 Å². The minimum absolute atomic E-state index is 0.0735. The molecule has 0 amide bonds. The number of rotatable bonds is 3. The number of carbonyl (C=O) groups is 1. The summed E-state index contributed by atoms with van der Waals surface area (Å²) in [5, 5.41) is 8.81. The van der Waals surface area contributed by atoms with E-state index in [9.17, 15) is 4.79 Å². The summed E-state index contributed by atoms with van der Waals surface area (Å²) >= 11 is 0. The van der Waals surface area contributed by atoms with E-state index in [0.717, 1.165) is 0 Å². The molecule has 0 radical (unpaired) electrons. The molecule has 1 atom stereocenters. The van der Waals surface area contributed by atoms with Crippen molar-refractivity contribution < 1.29 is 14.6 Å². The highest BCUT2D eigenvalue weighted by Crippen LogP contribution is 1.92. The van der Waals surface area contributed by atoms with Gasteiger partial charge in [-0.25, -0.2) is 4.79 Å². The monoisotopic (exact) mass is 142 g/mol. The Morgan fingerprint density at radius 1 is 1.90 bits per heavy atom. The van der Waals surface area contributed by atoms with Crippen molar-refractivity contribution in [3.05, 3.63) is 0 Å². The summed E-state index contributed by atoms with van der Waals surface area (Å²) in [4.78, 5) is 10.6. The minimum atomic E-state index is -1.03. The molecule has 0 aliphatic heterocycles. The summed E-state index contributed by atoms with van der Waals surface area (Å²) in [5.74, 6) is 1.47. The number of ether oxygens (including phenoxy) is 1. The van der Waals surface area contributed by atoms with E-state index < -0.39 is 12.1 Å². The third-order valence-corrected chi connectivity index (χ3v) is 0.957. The van der Waals surface area contributed by atoms with Gasteiger partial charge in [-0.2, -0.15) is 0 Å². The molecule has 0 aliphatic rings. The molecule has 1 N–H and O–H groups in total. The lowest BCUT2D eigenvalue weighted by molar-refractivity contribution is -0.152. The first-order valence-corrected chi connectivity index (χ1v) is 3.00. The summed E-state index contributed by atoms with van der Waals surface area (Å²) < 4.78 is 4.42. The predicted molar refractivity (Wildman–Crippen MR) is 36.1 cm³/mol. The molecule has 3 heteroatoms. The number of hydrogen-bond acceptors (Lipinski definition) is 3. The maximum atomic E-state index is 10.6. The van der Waals surface area contributed by atoms with Gasteiger partial charge in [-0.05, 0) is 6.42 Å². The van der Waals surface area contributed by atoms with Gasteiger partial charge in [-0.1, -0.05) is 12.8 Å². The molecule has 0 bridgehead atoms. The Kier molecular flexibility index (Phi) is 4.34. The molecule has 3 nitrogen and oxygen atoms in total. The van der Waals surface area contributed by atoms with E-state index in [2.05, 4.69) is 10.7 Å². The summed E-state index contributed by atoms with van der Waals surface area (Å²) in [5.41, 5.74) is 0. The Bertz CT molecular complexity index is 145. The van der Waals surface area contributed by atoms with Crippen LogP contribution < -0.4 is 0 Å². The van der Waals surface area contributed by atoms with Crippen molar-refractivity contribution in [2.24, 2.45) is 0 Å². The van der Waals surface area contributed by atoms with Gasteiger partial charge >= 0.3 is 5.97 Å². The third kappa shape index (κ3) is 3.10. The molecule has 0 saturated heterocycles. The fourth-order valence-corrected chi connectivity index (χ4v) is 0.376. The van der Waals surface area contributed by atoms with Crippen LogP contribution in [0.1, 0.15) is 13.3 Å². The van der Waals surface area contributed by atoms with Crippen LogP contribution in [0.3, 0.4) is 0 Å². The Labute approximate surface area is 60.0 Å². The normalized spacial score (nSPS) is 11.7. The molecule has 0 rings (SSSR count). The van der Waals surface area contributed by atoms with Crippen LogP contribution in [0.4, 0.5) is 0 Å². The highest BCUT2D eigenvalue weighted by atomic mass is 16.5. The maximum absolute atomic E-state index is 10.6. The fraction of sp³-hybridized carbons (Fsp3) is 0.571. The van der Waals surface area contributed by atoms with Crippen LogP contribution >= 0.6 is 0 Å². The van der Waals surface area contributed by atoms with Gasteiger partial charge < -0.3 is 9.84 Å².